The zero-order valence-electron chi connectivity index (χ0n) is 17.1. The number of amides is 1. The van der Waals surface area contributed by atoms with Gasteiger partial charge >= 0.3 is 0 Å². The minimum atomic E-state index is -0.954. The highest BCUT2D eigenvalue weighted by Crippen LogP contribution is 2.27. The number of guanidine groups is 1. The van der Waals surface area contributed by atoms with Crippen molar-refractivity contribution in [1.82, 2.24) is 10.2 Å². The van der Waals surface area contributed by atoms with Crippen LogP contribution < -0.4 is 33.0 Å². The van der Waals surface area contributed by atoms with Crippen LogP contribution in [0.2, 0.25) is 0 Å². The lowest BCUT2D eigenvalue weighted by Crippen LogP contribution is -2.49. The van der Waals surface area contributed by atoms with Gasteiger partial charge in [0.1, 0.15) is 41.0 Å². The molecule has 1 aliphatic rings. The van der Waals surface area contributed by atoms with E-state index >= 15 is 0 Å². The molecule has 1 aromatic carbocycles. The number of aliphatic imine (C=N–C) groups is 1. The SMILES string of the molecule is CCCC(N=C(N)N1C(N)=C(Cl)NC(C(N)=O)=C1N)c1ccc(OCC(O)CO)cc1. The Kier molecular flexibility index (Phi) is 8.37. The van der Waals surface area contributed by atoms with Crippen LogP contribution in [0, 0.1) is 0 Å². The third kappa shape index (κ3) is 5.94. The topological polar surface area (TPSA) is 198 Å². The summed E-state index contributed by atoms with van der Waals surface area (Å²) in [5, 5.41) is 20.7. The van der Waals surface area contributed by atoms with Gasteiger partial charge in [-0.25, -0.2) is 9.89 Å². The fourth-order valence-electron chi connectivity index (χ4n) is 2.84. The molecule has 1 aromatic rings. The predicted octanol–water partition coefficient (Wildman–Crippen LogP) is -0.583. The van der Waals surface area contributed by atoms with Gasteiger partial charge < -0.3 is 43.2 Å². The van der Waals surface area contributed by atoms with Crippen LogP contribution in [-0.4, -0.2) is 46.3 Å². The summed E-state index contributed by atoms with van der Waals surface area (Å²) >= 11 is 6.05. The number of halogens is 1. The molecule has 0 aromatic heterocycles. The second kappa shape index (κ2) is 10.8. The largest absolute Gasteiger partial charge is 0.491 e. The molecule has 11 nitrogen and oxygen atoms in total. The van der Waals surface area contributed by atoms with Gasteiger partial charge in [0.25, 0.3) is 5.91 Å². The molecule has 0 bridgehead atoms. The molecule has 0 saturated heterocycles. The first-order valence-corrected chi connectivity index (χ1v) is 9.94. The molecule has 1 aliphatic heterocycles. The van der Waals surface area contributed by atoms with E-state index in [9.17, 15) is 9.90 Å². The molecular weight excluding hydrogens is 426 g/mol. The molecule has 1 amide bonds. The molecule has 0 saturated carbocycles. The molecule has 0 radical (unpaired) electrons. The Bertz CT molecular complexity index is 886. The maximum absolute atomic E-state index is 11.6. The average molecular weight is 454 g/mol. The highest BCUT2D eigenvalue weighted by atomic mass is 35.5. The predicted molar refractivity (Wildman–Crippen MR) is 117 cm³/mol. The molecule has 0 spiro atoms. The number of nitrogens with zero attached hydrogens (tertiary/aromatic N) is 2. The van der Waals surface area contributed by atoms with Crippen LogP contribution in [0.3, 0.4) is 0 Å². The average Bonchev–Trinajstić information content (AvgIpc) is 2.74. The number of carbonyl (C=O) groups excluding carboxylic acids is 1. The Labute approximate surface area is 185 Å². The van der Waals surface area contributed by atoms with E-state index in [4.69, 9.17) is 44.4 Å². The van der Waals surface area contributed by atoms with E-state index in [1.54, 1.807) is 12.1 Å². The number of aliphatic hydroxyl groups excluding tert-OH is 2. The monoisotopic (exact) mass is 453 g/mol. The van der Waals surface area contributed by atoms with Gasteiger partial charge in [0.2, 0.25) is 5.96 Å². The van der Waals surface area contributed by atoms with E-state index in [0.29, 0.717) is 12.2 Å². The molecule has 2 atom stereocenters. The molecule has 11 N–H and O–H groups in total. The van der Waals surface area contributed by atoms with Crippen molar-refractivity contribution in [2.45, 2.75) is 31.9 Å². The van der Waals surface area contributed by atoms with Crippen molar-refractivity contribution in [1.29, 1.82) is 0 Å². The lowest BCUT2D eigenvalue weighted by molar-refractivity contribution is -0.115. The number of hydrogen-bond acceptors (Lipinski definition) is 8. The number of nitrogens with one attached hydrogen (secondary N) is 1. The number of benzene rings is 1. The van der Waals surface area contributed by atoms with Crippen LogP contribution in [0.25, 0.3) is 0 Å². The van der Waals surface area contributed by atoms with Gasteiger partial charge in [-0.2, -0.15) is 0 Å². The van der Waals surface area contributed by atoms with Crippen molar-refractivity contribution in [3.8, 4) is 5.75 Å². The van der Waals surface area contributed by atoms with Crippen molar-refractivity contribution in [3.63, 3.8) is 0 Å². The minimum absolute atomic E-state index is 0.0214. The first kappa shape index (κ1) is 24.1. The standard InChI is InChI=1S/C19H28ClN7O4/c1-2-3-13(10-4-6-12(7-5-10)31-9-11(29)8-28)25-19(24)27-16(21)14(18(23)30)26-15(20)17(27)22/h4-7,11,13,26,28-29H,2-3,8-9,21-22H2,1H3,(H2,23,30)(H2,24,25). The molecule has 0 fully saturated rings. The Morgan fingerprint density at radius 2 is 1.90 bits per heavy atom. The first-order valence-electron chi connectivity index (χ1n) is 9.56. The van der Waals surface area contributed by atoms with E-state index in [2.05, 4.69) is 10.3 Å². The smallest absolute Gasteiger partial charge is 0.268 e. The van der Waals surface area contributed by atoms with Crippen molar-refractivity contribution >= 4 is 23.5 Å². The Morgan fingerprint density at radius 3 is 2.45 bits per heavy atom. The van der Waals surface area contributed by atoms with Gasteiger partial charge in [-0.05, 0) is 24.1 Å². The second-order valence-corrected chi connectivity index (χ2v) is 7.17. The normalized spacial score (nSPS) is 16.8. The fourth-order valence-corrected chi connectivity index (χ4v) is 3.02. The summed E-state index contributed by atoms with van der Waals surface area (Å²) in [6.45, 7) is 1.59. The summed E-state index contributed by atoms with van der Waals surface area (Å²) in [5.41, 5.74) is 24.2. The summed E-state index contributed by atoms with van der Waals surface area (Å²) in [5.74, 6) is -0.488. The molecule has 170 valence electrons. The minimum Gasteiger partial charge on any atom is -0.491 e. The third-order valence-corrected chi connectivity index (χ3v) is 4.73. The van der Waals surface area contributed by atoms with Crippen molar-refractivity contribution in [2.75, 3.05) is 13.2 Å². The van der Waals surface area contributed by atoms with Gasteiger partial charge in [0.05, 0.1) is 12.6 Å². The molecule has 31 heavy (non-hydrogen) atoms. The summed E-state index contributed by atoms with van der Waals surface area (Å²) in [7, 11) is 0. The van der Waals surface area contributed by atoms with E-state index in [1.165, 1.54) is 0 Å². The summed E-state index contributed by atoms with van der Waals surface area (Å²) in [6.07, 6.45) is 0.526. The van der Waals surface area contributed by atoms with Crippen LogP contribution in [0.4, 0.5) is 0 Å². The van der Waals surface area contributed by atoms with E-state index in [1.807, 2.05) is 19.1 Å². The fraction of sp³-hybridized carbons (Fsp3) is 0.368. The summed E-state index contributed by atoms with van der Waals surface area (Å²) in [6, 6.07) is 6.74. The molecular formula is C19H28ClN7O4. The molecule has 1 heterocycles. The van der Waals surface area contributed by atoms with Gasteiger partial charge in [-0.15, -0.1) is 0 Å². The van der Waals surface area contributed by atoms with Gasteiger partial charge in [-0.3, -0.25) is 4.79 Å². The third-order valence-electron chi connectivity index (χ3n) is 4.44. The van der Waals surface area contributed by atoms with Gasteiger partial charge in [0.15, 0.2) is 0 Å². The maximum Gasteiger partial charge on any atom is 0.268 e. The summed E-state index contributed by atoms with van der Waals surface area (Å²) < 4.78 is 5.41. The lowest BCUT2D eigenvalue weighted by Gasteiger charge is -2.31. The Hall–Kier alpha value is -3.15. The van der Waals surface area contributed by atoms with Crippen LogP contribution in [-0.2, 0) is 4.79 Å². The van der Waals surface area contributed by atoms with Gasteiger partial charge in [-0.1, -0.05) is 37.1 Å². The van der Waals surface area contributed by atoms with E-state index in [0.717, 1.165) is 16.9 Å². The van der Waals surface area contributed by atoms with Crippen molar-refractivity contribution in [3.05, 3.63) is 52.3 Å². The van der Waals surface area contributed by atoms with Crippen LogP contribution >= 0.6 is 11.6 Å². The Balaban J connectivity index is 2.30. The number of hydrogen-bond donors (Lipinski definition) is 7. The Morgan fingerprint density at radius 1 is 1.26 bits per heavy atom. The number of rotatable bonds is 9. The van der Waals surface area contributed by atoms with Crippen molar-refractivity contribution < 1.29 is 19.7 Å². The number of nitrogens with two attached hydrogens (primary N) is 4. The zero-order chi connectivity index (χ0) is 23.1. The molecule has 2 rings (SSSR count). The van der Waals surface area contributed by atoms with Crippen LogP contribution in [0.15, 0.2) is 51.8 Å². The number of ether oxygens (including phenoxy) is 1. The number of primary amides is 1. The van der Waals surface area contributed by atoms with E-state index in [-0.39, 0.29) is 47.7 Å². The lowest BCUT2D eigenvalue weighted by atomic mass is 10.0. The summed E-state index contributed by atoms with van der Waals surface area (Å²) in [4.78, 5) is 17.3. The van der Waals surface area contributed by atoms with Crippen LogP contribution in [0.1, 0.15) is 31.4 Å². The number of carbonyl (C=O) groups is 1. The van der Waals surface area contributed by atoms with Gasteiger partial charge in [0, 0.05) is 0 Å². The second-order valence-electron chi connectivity index (χ2n) is 6.79. The van der Waals surface area contributed by atoms with Crippen molar-refractivity contribution in [2.24, 2.45) is 27.9 Å². The van der Waals surface area contributed by atoms with Crippen LogP contribution in [0.5, 0.6) is 5.75 Å². The number of aliphatic hydroxyl groups is 2. The zero-order valence-corrected chi connectivity index (χ0v) is 17.8. The molecule has 0 aliphatic carbocycles. The molecule has 12 heteroatoms. The first-order chi connectivity index (χ1) is 14.7. The molecule has 2 unspecified atom stereocenters. The quantitative estimate of drug-likeness (QED) is 0.145. The van der Waals surface area contributed by atoms with E-state index < -0.39 is 12.0 Å². The highest BCUT2D eigenvalue weighted by Gasteiger charge is 2.29. The maximum atomic E-state index is 11.6. The highest BCUT2D eigenvalue weighted by molar-refractivity contribution is 6.30.